The van der Waals surface area contributed by atoms with Gasteiger partial charge in [-0.2, -0.15) is 0 Å². The monoisotopic (exact) mass is 245 g/mol. The van der Waals surface area contributed by atoms with Gasteiger partial charge in [-0.25, -0.2) is 0 Å². The Balaban J connectivity index is 2.21. The van der Waals surface area contributed by atoms with Gasteiger partial charge >= 0.3 is 0 Å². The topological polar surface area (TPSA) is 38.3 Å². The van der Waals surface area contributed by atoms with Crippen molar-refractivity contribution in [3.8, 4) is 0 Å². The van der Waals surface area contributed by atoms with Crippen molar-refractivity contribution in [3.63, 3.8) is 0 Å². The molecular weight excluding hydrogens is 237 g/mol. The molecule has 2 rings (SSSR count). The smallest absolute Gasteiger partial charge is 0.246 e. The Bertz CT molecular complexity index is 385. The number of benzene rings is 1. The number of hydrogen-bond donors (Lipinski definition) is 1. The lowest BCUT2D eigenvalue weighted by molar-refractivity contribution is -0.133. The van der Waals surface area contributed by atoms with E-state index in [1.54, 1.807) is 18.2 Å². The number of morpholine rings is 1. The van der Waals surface area contributed by atoms with Crippen LogP contribution in [0, 0.1) is 0 Å². The van der Waals surface area contributed by atoms with Gasteiger partial charge in [-0.1, -0.05) is 23.2 Å². The summed E-state index contributed by atoms with van der Waals surface area (Å²) < 4.78 is 5.36. The van der Waals surface area contributed by atoms with Crippen molar-refractivity contribution in [2.75, 3.05) is 13.2 Å². The lowest BCUT2D eigenvalue weighted by atomic mass is 10.1. The van der Waals surface area contributed by atoms with Crippen LogP contribution in [0.3, 0.4) is 0 Å². The Morgan fingerprint density at radius 3 is 2.87 bits per heavy atom. The summed E-state index contributed by atoms with van der Waals surface area (Å²) >= 11 is 11.9. The van der Waals surface area contributed by atoms with Gasteiger partial charge in [0.05, 0.1) is 0 Å². The van der Waals surface area contributed by atoms with Crippen molar-refractivity contribution in [2.24, 2.45) is 0 Å². The van der Waals surface area contributed by atoms with Crippen LogP contribution in [-0.4, -0.2) is 19.1 Å². The molecule has 80 valence electrons. The van der Waals surface area contributed by atoms with E-state index in [2.05, 4.69) is 5.32 Å². The fourth-order valence-electron chi connectivity index (χ4n) is 1.45. The van der Waals surface area contributed by atoms with Crippen LogP contribution in [0.1, 0.15) is 11.7 Å². The third kappa shape index (κ3) is 2.43. The first kappa shape index (κ1) is 10.7. The first-order chi connectivity index (χ1) is 7.16. The zero-order valence-electron chi connectivity index (χ0n) is 7.80. The van der Waals surface area contributed by atoms with Gasteiger partial charge in [-0.15, -0.1) is 0 Å². The predicted molar refractivity (Wildman–Crippen MR) is 58.2 cm³/mol. The van der Waals surface area contributed by atoms with Crippen molar-refractivity contribution in [1.29, 1.82) is 0 Å². The average Bonchev–Trinajstić information content (AvgIpc) is 2.23. The fourth-order valence-corrected chi connectivity index (χ4v) is 1.87. The number of amides is 1. The van der Waals surface area contributed by atoms with Crippen LogP contribution in [0.2, 0.25) is 10.0 Å². The molecule has 0 radical (unpaired) electrons. The highest BCUT2D eigenvalue weighted by Gasteiger charge is 2.22. The van der Waals surface area contributed by atoms with Crippen molar-refractivity contribution < 1.29 is 9.53 Å². The number of rotatable bonds is 1. The minimum atomic E-state index is -0.214. The molecular formula is C10H9Cl2NO2. The van der Waals surface area contributed by atoms with Crippen LogP contribution < -0.4 is 5.32 Å². The van der Waals surface area contributed by atoms with Crippen molar-refractivity contribution in [1.82, 2.24) is 5.32 Å². The first-order valence-electron chi connectivity index (χ1n) is 4.50. The maximum Gasteiger partial charge on any atom is 0.246 e. The Labute approximate surface area is 97.3 Å². The third-order valence-corrected chi connectivity index (χ3v) is 2.78. The maximum absolute atomic E-state index is 10.9. The zero-order chi connectivity index (χ0) is 10.8. The van der Waals surface area contributed by atoms with Crippen molar-refractivity contribution in [3.05, 3.63) is 33.8 Å². The second kappa shape index (κ2) is 4.39. The zero-order valence-corrected chi connectivity index (χ0v) is 9.31. The van der Waals surface area contributed by atoms with Crippen LogP contribution in [-0.2, 0) is 9.53 Å². The molecule has 3 nitrogen and oxygen atoms in total. The van der Waals surface area contributed by atoms with E-state index in [0.717, 1.165) is 5.56 Å². The number of nitrogens with one attached hydrogen (secondary N) is 1. The van der Waals surface area contributed by atoms with Crippen LogP contribution in [0.4, 0.5) is 0 Å². The molecule has 0 aliphatic carbocycles. The molecule has 1 fully saturated rings. The summed E-state index contributed by atoms with van der Waals surface area (Å²) in [6.45, 7) is 0.492. The molecule has 1 atom stereocenters. The predicted octanol–water partition coefficient (Wildman–Crippen LogP) is 2.18. The number of halogens is 2. The molecule has 0 bridgehead atoms. The summed E-state index contributed by atoms with van der Waals surface area (Å²) in [4.78, 5) is 10.9. The van der Waals surface area contributed by atoms with Gasteiger partial charge in [-0.05, 0) is 18.2 Å². The largest absolute Gasteiger partial charge is 0.362 e. The van der Waals surface area contributed by atoms with Gasteiger partial charge < -0.3 is 10.1 Å². The molecule has 1 aliphatic rings. The molecule has 1 aromatic carbocycles. The molecule has 1 saturated heterocycles. The van der Waals surface area contributed by atoms with Crippen LogP contribution in [0.25, 0.3) is 0 Å². The van der Waals surface area contributed by atoms with E-state index in [4.69, 9.17) is 27.9 Å². The molecule has 0 saturated carbocycles. The lowest BCUT2D eigenvalue weighted by Gasteiger charge is -2.24. The van der Waals surface area contributed by atoms with E-state index in [1.165, 1.54) is 0 Å². The number of ether oxygens (including phenoxy) is 1. The Hall–Kier alpha value is -0.770. The summed E-state index contributed by atoms with van der Waals surface area (Å²) in [5, 5.41) is 3.92. The SMILES string of the molecule is O=C1CO[C@H](c2cc(Cl)ccc2Cl)CN1. The van der Waals surface area contributed by atoms with E-state index < -0.39 is 0 Å². The summed E-state index contributed by atoms with van der Waals surface area (Å²) in [6.07, 6.45) is -0.214. The van der Waals surface area contributed by atoms with E-state index in [1.807, 2.05) is 0 Å². The molecule has 0 spiro atoms. The quantitative estimate of drug-likeness (QED) is 0.824. The van der Waals surface area contributed by atoms with Crippen LogP contribution in [0.5, 0.6) is 0 Å². The first-order valence-corrected chi connectivity index (χ1v) is 5.25. The van der Waals surface area contributed by atoms with Crippen LogP contribution >= 0.6 is 23.2 Å². The van der Waals surface area contributed by atoms with Crippen molar-refractivity contribution >= 4 is 29.1 Å². The van der Waals surface area contributed by atoms with Gasteiger partial charge in [0.2, 0.25) is 5.91 Å². The summed E-state index contributed by atoms with van der Waals surface area (Å²) in [7, 11) is 0. The maximum atomic E-state index is 10.9. The van der Waals surface area contributed by atoms with Gasteiger partial charge in [0.25, 0.3) is 0 Å². The molecule has 1 aromatic rings. The second-order valence-electron chi connectivity index (χ2n) is 3.27. The second-order valence-corrected chi connectivity index (χ2v) is 4.11. The molecule has 1 heterocycles. The van der Waals surface area contributed by atoms with E-state index in [-0.39, 0.29) is 18.6 Å². The van der Waals surface area contributed by atoms with E-state index >= 15 is 0 Å². The Kier molecular flexibility index (Phi) is 3.14. The van der Waals surface area contributed by atoms with E-state index in [9.17, 15) is 4.79 Å². The number of carbonyl (C=O) groups excluding carboxylic acids is 1. The Morgan fingerprint density at radius 1 is 1.40 bits per heavy atom. The average molecular weight is 246 g/mol. The molecule has 5 heteroatoms. The Morgan fingerprint density at radius 2 is 2.20 bits per heavy atom. The minimum Gasteiger partial charge on any atom is -0.362 e. The molecule has 1 N–H and O–H groups in total. The normalized spacial score (nSPS) is 21.2. The van der Waals surface area contributed by atoms with Crippen molar-refractivity contribution in [2.45, 2.75) is 6.10 Å². The summed E-state index contributed by atoms with van der Waals surface area (Å²) in [6, 6.07) is 5.19. The number of carbonyl (C=O) groups is 1. The van der Waals surface area contributed by atoms with E-state index in [0.29, 0.717) is 16.6 Å². The summed E-state index contributed by atoms with van der Waals surface area (Å²) in [5.41, 5.74) is 0.809. The minimum absolute atomic E-state index is 0.0630. The molecule has 1 aliphatic heterocycles. The molecule has 15 heavy (non-hydrogen) atoms. The van der Waals surface area contributed by atoms with Gasteiger partial charge in [-0.3, -0.25) is 4.79 Å². The third-order valence-electron chi connectivity index (χ3n) is 2.21. The highest BCUT2D eigenvalue weighted by Crippen LogP contribution is 2.29. The highest BCUT2D eigenvalue weighted by molar-refractivity contribution is 6.33. The van der Waals surface area contributed by atoms with Crippen LogP contribution in [0.15, 0.2) is 18.2 Å². The fraction of sp³-hybridized carbons (Fsp3) is 0.300. The number of hydrogen-bond acceptors (Lipinski definition) is 2. The standard InChI is InChI=1S/C10H9Cl2NO2/c11-6-1-2-8(12)7(3-6)9-4-13-10(14)5-15-9/h1-3,9H,4-5H2,(H,13,14)/t9-/m0/s1. The van der Waals surface area contributed by atoms with Gasteiger partial charge in [0, 0.05) is 22.2 Å². The van der Waals surface area contributed by atoms with Gasteiger partial charge in [0.15, 0.2) is 0 Å². The highest BCUT2D eigenvalue weighted by atomic mass is 35.5. The lowest BCUT2D eigenvalue weighted by Crippen LogP contribution is -2.38. The molecule has 0 unspecified atom stereocenters. The van der Waals surface area contributed by atoms with Gasteiger partial charge in [0.1, 0.15) is 12.7 Å². The molecule has 1 amide bonds. The molecule has 0 aromatic heterocycles. The summed E-state index contributed by atoms with van der Waals surface area (Å²) in [5.74, 6) is -0.107.